The summed E-state index contributed by atoms with van der Waals surface area (Å²) in [5.41, 5.74) is 3.01. The van der Waals surface area contributed by atoms with Crippen molar-refractivity contribution < 1.29 is 14.3 Å². The van der Waals surface area contributed by atoms with Crippen molar-refractivity contribution in [2.24, 2.45) is 5.10 Å². The Balaban J connectivity index is 1.97. The van der Waals surface area contributed by atoms with E-state index in [1.54, 1.807) is 24.3 Å². The lowest BCUT2D eigenvalue weighted by Gasteiger charge is -1.97. The molecule has 0 spiro atoms. The number of carbonyl (C=O) groups excluding carboxylic acids is 1. The van der Waals surface area contributed by atoms with Crippen LogP contribution >= 0.6 is 0 Å². The summed E-state index contributed by atoms with van der Waals surface area (Å²) < 4.78 is 10.3. The van der Waals surface area contributed by atoms with Crippen LogP contribution in [0.4, 0.5) is 0 Å². The molecule has 1 aliphatic heterocycles. The van der Waals surface area contributed by atoms with Crippen molar-refractivity contribution in [3.8, 4) is 17.6 Å². The largest absolute Gasteiger partial charge is 0.454 e. The van der Waals surface area contributed by atoms with Crippen LogP contribution in [0.1, 0.15) is 12.0 Å². The van der Waals surface area contributed by atoms with E-state index in [1.165, 1.54) is 6.21 Å². The number of hydrogen-bond acceptors (Lipinski definition) is 5. The average Bonchev–Trinajstić information content (AvgIpc) is 2.76. The molecule has 6 nitrogen and oxygen atoms in total. The first-order valence-corrected chi connectivity index (χ1v) is 4.88. The fourth-order valence-electron chi connectivity index (χ4n) is 1.28. The Bertz CT molecular complexity index is 505. The van der Waals surface area contributed by atoms with Gasteiger partial charge in [0.1, 0.15) is 6.42 Å². The van der Waals surface area contributed by atoms with Crippen molar-refractivity contribution in [3.05, 3.63) is 23.8 Å². The van der Waals surface area contributed by atoms with Gasteiger partial charge < -0.3 is 9.47 Å². The molecule has 0 atom stereocenters. The Labute approximate surface area is 97.4 Å². The second kappa shape index (κ2) is 4.99. The van der Waals surface area contributed by atoms with E-state index in [0.29, 0.717) is 11.5 Å². The smallest absolute Gasteiger partial charge is 0.254 e. The van der Waals surface area contributed by atoms with Gasteiger partial charge in [0.15, 0.2) is 11.5 Å². The zero-order valence-electron chi connectivity index (χ0n) is 8.84. The molecule has 1 N–H and O–H groups in total. The Kier molecular flexibility index (Phi) is 3.21. The van der Waals surface area contributed by atoms with Crippen molar-refractivity contribution in [1.82, 2.24) is 5.43 Å². The topological polar surface area (TPSA) is 83.7 Å². The number of fused-ring (bicyclic) bond motifs is 1. The number of nitrogens with one attached hydrogen (secondary N) is 1. The number of benzene rings is 1. The molecule has 1 aliphatic rings. The van der Waals surface area contributed by atoms with Gasteiger partial charge in [0.25, 0.3) is 5.91 Å². The van der Waals surface area contributed by atoms with Crippen LogP contribution in [0.5, 0.6) is 11.5 Å². The second-order valence-electron chi connectivity index (χ2n) is 3.24. The number of hydrogen-bond donors (Lipinski definition) is 1. The van der Waals surface area contributed by atoms with Crippen molar-refractivity contribution in [2.75, 3.05) is 6.79 Å². The molecule has 0 aliphatic carbocycles. The third kappa shape index (κ3) is 2.72. The van der Waals surface area contributed by atoms with Gasteiger partial charge in [-0.25, -0.2) is 5.43 Å². The van der Waals surface area contributed by atoms with Crippen molar-refractivity contribution in [2.45, 2.75) is 6.42 Å². The van der Waals surface area contributed by atoms with Crippen LogP contribution < -0.4 is 14.9 Å². The minimum Gasteiger partial charge on any atom is -0.454 e. The molecule has 1 aromatic rings. The molecule has 2 rings (SSSR count). The SMILES string of the molecule is N#CCC(=O)NN=Cc1ccc2c(c1)OCO2. The molecule has 17 heavy (non-hydrogen) atoms. The average molecular weight is 231 g/mol. The summed E-state index contributed by atoms with van der Waals surface area (Å²) in [5.74, 6) is 0.900. The van der Waals surface area contributed by atoms with E-state index in [1.807, 2.05) is 0 Å². The number of carbonyl (C=O) groups is 1. The lowest BCUT2D eigenvalue weighted by molar-refractivity contribution is -0.120. The lowest BCUT2D eigenvalue weighted by Crippen LogP contribution is -2.16. The first-order valence-electron chi connectivity index (χ1n) is 4.88. The van der Waals surface area contributed by atoms with Crippen LogP contribution in [0.3, 0.4) is 0 Å². The molecule has 0 saturated heterocycles. The molecule has 0 radical (unpaired) electrons. The lowest BCUT2D eigenvalue weighted by atomic mass is 10.2. The predicted octanol–water partition coefficient (Wildman–Crippen LogP) is 0.779. The van der Waals surface area contributed by atoms with E-state index >= 15 is 0 Å². The fraction of sp³-hybridized carbons (Fsp3) is 0.182. The van der Waals surface area contributed by atoms with Gasteiger partial charge in [-0.2, -0.15) is 10.4 Å². The third-order valence-electron chi connectivity index (χ3n) is 2.04. The van der Waals surface area contributed by atoms with E-state index in [0.717, 1.165) is 5.56 Å². The molecule has 86 valence electrons. The van der Waals surface area contributed by atoms with Gasteiger partial charge in [-0.05, 0) is 23.8 Å². The normalized spacial score (nSPS) is 12.4. The standard InChI is InChI=1S/C11H9N3O3/c12-4-3-11(15)14-13-6-8-1-2-9-10(5-8)17-7-16-9/h1-2,5-6H,3,7H2,(H,14,15). The van der Waals surface area contributed by atoms with Gasteiger partial charge in [0.05, 0.1) is 12.3 Å². The molecule has 0 bridgehead atoms. The minimum atomic E-state index is -0.440. The van der Waals surface area contributed by atoms with Crippen molar-refractivity contribution >= 4 is 12.1 Å². The fourth-order valence-corrected chi connectivity index (χ4v) is 1.28. The number of nitrogens with zero attached hydrogens (tertiary/aromatic N) is 2. The molecule has 0 aromatic heterocycles. The molecule has 0 fully saturated rings. The number of ether oxygens (including phenoxy) is 2. The van der Waals surface area contributed by atoms with E-state index < -0.39 is 5.91 Å². The van der Waals surface area contributed by atoms with Crippen LogP contribution in [-0.4, -0.2) is 18.9 Å². The Morgan fingerprint density at radius 3 is 3.18 bits per heavy atom. The van der Waals surface area contributed by atoms with Crippen LogP contribution in [0, 0.1) is 11.3 Å². The number of amides is 1. The Hall–Kier alpha value is -2.55. The Morgan fingerprint density at radius 2 is 2.35 bits per heavy atom. The highest BCUT2D eigenvalue weighted by Crippen LogP contribution is 2.31. The molecule has 1 heterocycles. The predicted molar refractivity (Wildman–Crippen MR) is 58.5 cm³/mol. The van der Waals surface area contributed by atoms with E-state index in [2.05, 4.69) is 10.5 Å². The summed E-state index contributed by atoms with van der Waals surface area (Å²) in [6.45, 7) is 0.217. The van der Waals surface area contributed by atoms with Gasteiger partial charge in [-0.1, -0.05) is 0 Å². The molecule has 6 heteroatoms. The summed E-state index contributed by atoms with van der Waals surface area (Å²) in [6, 6.07) is 7.03. The zero-order chi connectivity index (χ0) is 12.1. The molecule has 1 aromatic carbocycles. The van der Waals surface area contributed by atoms with Gasteiger partial charge in [0, 0.05) is 0 Å². The maximum absolute atomic E-state index is 10.9. The minimum absolute atomic E-state index is 0.210. The van der Waals surface area contributed by atoms with Gasteiger partial charge in [-0.15, -0.1) is 0 Å². The molecule has 0 saturated carbocycles. The summed E-state index contributed by atoms with van der Waals surface area (Å²) in [6.07, 6.45) is 1.26. The monoisotopic (exact) mass is 231 g/mol. The summed E-state index contributed by atoms with van der Waals surface area (Å²) >= 11 is 0. The maximum Gasteiger partial charge on any atom is 0.254 e. The molecule has 0 unspecified atom stereocenters. The summed E-state index contributed by atoms with van der Waals surface area (Å²) in [4.78, 5) is 10.9. The molecular weight excluding hydrogens is 222 g/mol. The summed E-state index contributed by atoms with van der Waals surface area (Å²) in [5, 5.41) is 12.0. The van der Waals surface area contributed by atoms with Crippen LogP contribution in [0.25, 0.3) is 0 Å². The highest BCUT2D eigenvalue weighted by Gasteiger charge is 2.12. The van der Waals surface area contributed by atoms with Gasteiger partial charge in [0.2, 0.25) is 6.79 Å². The van der Waals surface area contributed by atoms with E-state index in [4.69, 9.17) is 14.7 Å². The quantitative estimate of drug-likeness (QED) is 0.615. The van der Waals surface area contributed by atoms with Crippen LogP contribution in [0.2, 0.25) is 0 Å². The van der Waals surface area contributed by atoms with E-state index in [9.17, 15) is 4.79 Å². The number of hydrazone groups is 1. The Morgan fingerprint density at radius 1 is 1.53 bits per heavy atom. The molecular formula is C11H9N3O3. The first-order chi connectivity index (χ1) is 8.29. The number of nitriles is 1. The van der Waals surface area contributed by atoms with Crippen molar-refractivity contribution in [1.29, 1.82) is 5.26 Å². The van der Waals surface area contributed by atoms with Gasteiger partial charge in [-0.3, -0.25) is 4.79 Å². The summed E-state index contributed by atoms with van der Waals surface area (Å²) in [7, 11) is 0. The maximum atomic E-state index is 10.9. The highest BCUT2D eigenvalue weighted by atomic mass is 16.7. The van der Waals surface area contributed by atoms with Crippen LogP contribution in [0.15, 0.2) is 23.3 Å². The van der Waals surface area contributed by atoms with Crippen molar-refractivity contribution in [3.63, 3.8) is 0 Å². The number of rotatable bonds is 3. The highest BCUT2D eigenvalue weighted by molar-refractivity contribution is 5.83. The van der Waals surface area contributed by atoms with E-state index in [-0.39, 0.29) is 13.2 Å². The zero-order valence-corrected chi connectivity index (χ0v) is 8.84. The van der Waals surface area contributed by atoms with Crippen LogP contribution in [-0.2, 0) is 4.79 Å². The molecule has 1 amide bonds. The van der Waals surface area contributed by atoms with Gasteiger partial charge >= 0.3 is 0 Å². The third-order valence-corrected chi connectivity index (χ3v) is 2.04. The first kappa shape index (κ1) is 11.0. The second-order valence-corrected chi connectivity index (χ2v) is 3.24.